The minimum atomic E-state index is -0.0965. The SMILES string of the molecule is CC(C)NC(CC1=C[NH2+]c2ccccc21)C(=O)C(C)C. The van der Waals surface area contributed by atoms with Gasteiger partial charge in [-0.2, -0.15) is 0 Å². The summed E-state index contributed by atoms with van der Waals surface area (Å²) in [4.78, 5) is 12.4. The van der Waals surface area contributed by atoms with Crippen molar-refractivity contribution in [3.05, 3.63) is 36.0 Å². The monoisotopic (exact) mass is 273 g/mol. The Balaban J connectivity index is 2.15. The number of rotatable bonds is 6. The number of carbonyl (C=O) groups is 1. The van der Waals surface area contributed by atoms with E-state index < -0.39 is 0 Å². The molecule has 0 saturated heterocycles. The summed E-state index contributed by atoms with van der Waals surface area (Å²) in [6, 6.07) is 8.57. The predicted molar refractivity (Wildman–Crippen MR) is 82.5 cm³/mol. The summed E-state index contributed by atoms with van der Waals surface area (Å²) in [5.41, 5.74) is 3.77. The third-order valence-electron chi connectivity index (χ3n) is 3.64. The first kappa shape index (κ1) is 14.9. The van der Waals surface area contributed by atoms with Gasteiger partial charge in [-0.1, -0.05) is 39.8 Å². The fraction of sp³-hybridized carbons (Fsp3) is 0.471. The molecule has 1 atom stereocenters. The quantitative estimate of drug-likeness (QED) is 0.781. The normalized spacial score (nSPS) is 15.4. The number of carbonyl (C=O) groups excluding carboxylic acids is 1. The van der Waals surface area contributed by atoms with E-state index in [1.807, 2.05) is 13.8 Å². The van der Waals surface area contributed by atoms with Gasteiger partial charge in [0.25, 0.3) is 0 Å². The lowest BCUT2D eigenvalue weighted by atomic mass is 9.93. The summed E-state index contributed by atoms with van der Waals surface area (Å²) in [7, 11) is 0. The molecule has 1 aromatic rings. The highest BCUT2D eigenvalue weighted by molar-refractivity contribution is 5.88. The summed E-state index contributed by atoms with van der Waals surface area (Å²) in [6.07, 6.45) is 2.91. The molecule has 108 valence electrons. The van der Waals surface area contributed by atoms with Crippen molar-refractivity contribution < 1.29 is 10.1 Å². The van der Waals surface area contributed by atoms with E-state index in [1.54, 1.807) is 0 Å². The minimum Gasteiger partial charge on any atom is -0.305 e. The topological polar surface area (TPSA) is 45.7 Å². The molecular weight excluding hydrogens is 248 g/mol. The first-order valence-electron chi connectivity index (χ1n) is 7.42. The second kappa shape index (κ2) is 6.33. The average Bonchev–Trinajstić information content (AvgIpc) is 2.80. The molecule has 3 heteroatoms. The molecule has 0 radical (unpaired) electrons. The van der Waals surface area contributed by atoms with E-state index in [0.29, 0.717) is 11.8 Å². The summed E-state index contributed by atoms with van der Waals surface area (Å²) < 4.78 is 0. The molecule has 1 aromatic carbocycles. The Morgan fingerprint density at radius 3 is 2.55 bits per heavy atom. The molecule has 3 N–H and O–H groups in total. The van der Waals surface area contributed by atoms with Crippen LogP contribution in [-0.4, -0.2) is 17.9 Å². The number of hydrogen-bond donors (Lipinski definition) is 2. The van der Waals surface area contributed by atoms with Gasteiger partial charge in [0.15, 0.2) is 5.78 Å². The van der Waals surface area contributed by atoms with Crippen LogP contribution in [0.3, 0.4) is 0 Å². The molecule has 0 bridgehead atoms. The van der Waals surface area contributed by atoms with Crippen LogP contribution in [0, 0.1) is 5.92 Å². The van der Waals surface area contributed by atoms with Gasteiger partial charge in [0.1, 0.15) is 11.9 Å². The van der Waals surface area contributed by atoms with Gasteiger partial charge >= 0.3 is 0 Å². The van der Waals surface area contributed by atoms with Crippen LogP contribution >= 0.6 is 0 Å². The fourth-order valence-corrected chi connectivity index (χ4v) is 2.66. The summed E-state index contributed by atoms with van der Waals surface area (Å²) >= 11 is 0. The number of hydrogen-bond acceptors (Lipinski definition) is 2. The van der Waals surface area contributed by atoms with Crippen molar-refractivity contribution in [1.29, 1.82) is 0 Å². The van der Waals surface area contributed by atoms with E-state index in [4.69, 9.17) is 0 Å². The van der Waals surface area contributed by atoms with Crippen molar-refractivity contribution in [2.75, 3.05) is 0 Å². The van der Waals surface area contributed by atoms with Crippen LogP contribution < -0.4 is 10.6 Å². The molecule has 2 rings (SSSR count). The van der Waals surface area contributed by atoms with Gasteiger partial charge in [-0.05, 0) is 6.07 Å². The molecule has 1 aliphatic rings. The standard InChI is InChI=1S/C17H24N2O/c1-11(2)17(20)16(19-12(3)4)9-13-10-18-15-8-6-5-7-14(13)15/h5-8,10-12,16,18-19H,9H2,1-4H3/p+1. The van der Waals surface area contributed by atoms with Crippen LogP contribution in [0.2, 0.25) is 0 Å². The maximum Gasteiger partial charge on any atom is 0.152 e. The van der Waals surface area contributed by atoms with Crippen LogP contribution in [0.5, 0.6) is 0 Å². The second-order valence-electron chi connectivity index (χ2n) is 6.08. The number of nitrogens with two attached hydrogens (primary N) is 1. The Labute approximate surface area is 121 Å². The van der Waals surface area contributed by atoms with Crippen LogP contribution in [-0.2, 0) is 4.79 Å². The molecule has 1 heterocycles. The third kappa shape index (κ3) is 3.35. The van der Waals surface area contributed by atoms with Gasteiger partial charge < -0.3 is 5.32 Å². The number of fused-ring (bicyclic) bond motifs is 1. The number of ketones is 1. The number of Topliss-reactive ketones (excluding diaryl/α,β-unsaturated/α-hetero) is 1. The molecule has 1 unspecified atom stereocenters. The Hall–Kier alpha value is -1.45. The average molecular weight is 273 g/mol. The molecule has 0 aliphatic carbocycles. The van der Waals surface area contributed by atoms with Crippen molar-refractivity contribution in [3.8, 4) is 0 Å². The number of nitrogens with one attached hydrogen (secondary N) is 1. The molecule has 0 spiro atoms. The largest absolute Gasteiger partial charge is 0.305 e. The first-order valence-corrected chi connectivity index (χ1v) is 7.42. The zero-order valence-corrected chi connectivity index (χ0v) is 12.8. The minimum absolute atomic E-state index is 0.0625. The fourth-order valence-electron chi connectivity index (χ4n) is 2.66. The third-order valence-corrected chi connectivity index (χ3v) is 3.64. The van der Waals surface area contributed by atoms with Crippen molar-refractivity contribution in [3.63, 3.8) is 0 Å². The van der Waals surface area contributed by atoms with E-state index in [0.717, 1.165) is 6.42 Å². The molecular formula is C17H25N2O+. The Morgan fingerprint density at radius 1 is 1.20 bits per heavy atom. The molecule has 1 aliphatic heterocycles. The zero-order valence-electron chi connectivity index (χ0n) is 12.8. The number of quaternary nitrogens is 1. The maximum atomic E-state index is 12.4. The molecule has 0 fully saturated rings. The predicted octanol–water partition coefficient (Wildman–Crippen LogP) is 2.22. The van der Waals surface area contributed by atoms with E-state index >= 15 is 0 Å². The van der Waals surface area contributed by atoms with Gasteiger partial charge in [0, 0.05) is 35.6 Å². The first-order chi connectivity index (χ1) is 9.49. The Morgan fingerprint density at radius 2 is 1.90 bits per heavy atom. The summed E-state index contributed by atoms with van der Waals surface area (Å²) in [5, 5.41) is 5.55. The highest BCUT2D eigenvalue weighted by Crippen LogP contribution is 2.28. The molecule has 3 nitrogen and oxygen atoms in total. The van der Waals surface area contributed by atoms with Gasteiger partial charge in [-0.3, -0.25) is 10.1 Å². The van der Waals surface area contributed by atoms with Crippen molar-refractivity contribution in [1.82, 2.24) is 5.32 Å². The Kier molecular flexibility index (Phi) is 4.73. The lowest BCUT2D eigenvalue weighted by molar-refractivity contribution is -0.491. The van der Waals surface area contributed by atoms with Crippen molar-refractivity contribution in [2.45, 2.75) is 46.2 Å². The Bertz CT molecular complexity index is 517. The zero-order chi connectivity index (χ0) is 14.7. The van der Waals surface area contributed by atoms with Crippen LogP contribution in [0.15, 0.2) is 30.5 Å². The van der Waals surface area contributed by atoms with Crippen molar-refractivity contribution >= 4 is 17.0 Å². The van der Waals surface area contributed by atoms with Gasteiger partial charge in [0.05, 0.1) is 6.04 Å². The molecule has 0 amide bonds. The smallest absolute Gasteiger partial charge is 0.152 e. The van der Waals surface area contributed by atoms with Crippen molar-refractivity contribution in [2.24, 2.45) is 5.92 Å². The highest BCUT2D eigenvalue weighted by atomic mass is 16.1. The molecule has 0 aromatic heterocycles. The summed E-state index contributed by atoms with van der Waals surface area (Å²) in [5.74, 6) is 0.358. The second-order valence-corrected chi connectivity index (χ2v) is 6.08. The lowest BCUT2D eigenvalue weighted by Crippen LogP contribution is -2.69. The van der Waals surface area contributed by atoms with E-state index in [1.165, 1.54) is 16.8 Å². The number of benzene rings is 1. The van der Waals surface area contributed by atoms with E-state index in [-0.39, 0.29) is 12.0 Å². The van der Waals surface area contributed by atoms with Crippen LogP contribution in [0.4, 0.5) is 5.69 Å². The van der Waals surface area contributed by atoms with Gasteiger partial charge in [0.2, 0.25) is 0 Å². The van der Waals surface area contributed by atoms with E-state index in [9.17, 15) is 4.79 Å². The molecule has 20 heavy (non-hydrogen) atoms. The molecule has 0 saturated carbocycles. The van der Waals surface area contributed by atoms with Crippen LogP contribution in [0.25, 0.3) is 5.57 Å². The van der Waals surface area contributed by atoms with E-state index in [2.05, 4.69) is 54.9 Å². The lowest BCUT2D eigenvalue weighted by Gasteiger charge is -2.22. The van der Waals surface area contributed by atoms with Gasteiger partial charge in [-0.25, -0.2) is 0 Å². The maximum absolute atomic E-state index is 12.4. The van der Waals surface area contributed by atoms with Crippen LogP contribution in [0.1, 0.15) is 39.7 Å². The van der Waals surface area contributed by atoms with Gasteiger partial charge in [-0.15, -0.1) is 0 Å². The summed E-state index contributed by atoms with van der Waals surface area (Å²) in [6.45, 7) is 8.12. The highest BCUT2D eigenvalue weighted by Gasteiger charge is 2.27. The number of para-hydroxylation sites is 1.